The summed E-state index contributed by atoms with van der Waals surface area (Å²) in [4.78, 5) is 27.6. The minimum absolute atomic E-state index is 0.0647. The summed E-state index contributed by atoms with van der Waals surface area (Å²) in [5.41, 5.74) is 5.03. The van der Waals surface area contributed by atoms with Gasteiger partial charge in [0.25, 0.3) is 0 Å². The van der Waals surface area contributed by atoms with Crippen LogP contribution in [-0.4, -0.2) is 54.1 Å². The van der Waals surface area contributed by atoms with Crippen molar-refractivity contribution in [2.75, 3.05) is 31.4 Å². The van der Waals surface area contributed by atoms with Gasteiger partial charge in [-0.2, -0.15) is 9.49 Å². The van der Waals surface area contributed by atoms with Gasteiger partial charge in [0, 0.05) is 30.0 Å². The highest BCUT2D eigenvalue weighted by Gasteiger charge is 2.16. The molecule has 6 aromatic rings. The van der Waals surface area contributed by atoms with Gasteiger partial charge >= 0.3 is 11.9 Å². The SMILES string of the molecule is C=CC(=O)OCCCOc1ccc(-c2ccc(COc3ccc(O)c(/C(C)=N/N(CCCCCOC(=O)C(=C)F)c4nc5c(ccc6ccccc65)s4)c3)cc2)cc1. The Balaban J connectivity index is 1.10. The lowest BCUT2D eigenvalue weighted by atomic mass is 10.0. The fourth-order valence-electron chi connectivity index (χ4n) is 6.05. The number of hydrogen-bond acceptors (Lipinski definition) is 11. The molecule has 0 fully saturated rings. The Morgan fingerprint density at radius 2 is 1.57 bits per heavy atom. The summed E-state index contributed by atoms with van der Waals surface area (Å²) in [6.45, 7) is 9.80. The van der Waals surface area contributed by atoms with Crippen molar-refractivity contribution in [2.45, 2.75) is 39.2 Å². The van der Waals surface area contributed by atoms with E-state index in [1.54, 1.807) is 18.2 Å². The topological polar surface area (TPSA) is 120 Å². The zero-order valence-corrected chi connectivity index (χ0v) is 33.0. The zero-order chi connectivity index (χ0) is 40.9. The van der Waals surface area contributed by atoms with Crippen LogP contribution >= 0.6 is 11.3 Å². The van der Waals surface area contributed by atoms with Crippen LogP contribution in [0.25, 0.3) is 32.1 Å². The summed E-state index contributed by atoms with van der Waals surface area (Å²) in [7, 11) is 0. The Kier molecular flexibility index (Phi) is 14.2. The molecular formula is C46H44FN3O7S. The third-order valence-electron chi connectivity index (χ3n) is 9.11. The number of fused-ring (bicyclic) bond motifs is 3. The number of ether oxygens (including phenoxy) is 4. The van der Waals surface area contributed by atoms with Crippen LogP contribution in [0.2, 0.25) is 0 Å². The van der Waals surface area contributed by atoms with Crippen LogP contribution in [0.15, 0.2) is 133 Å². The molecule has 298 valence electrons. The number of phenolic OH excluding ortho intramolecular Hbond substituents is 1. The molecule has 6 rings (SSSR count). The van der Waals surface area contributed by atoms with E-state index in [4.69, 9.17) is 29.0 Å². The second kappa shape index (κ2) is 20.1. The predicted molar refractivity (Wildman–Crippen MR) is 227 cm³/mol. The summed E-state index contributed by atoms with van der Waals surface area (Å²) in [6.07, 6.45) is 3.65. The van der Waals surface area contributed by atoms with Crippen molar-refractivity contribution in [3.63, 3.8) is 0 Å². The van der Waals surface area contributed by atoms with E-state index in [0.29, 0.717) is 67.6 Å². The maximum atomic E-state index is 13.0. The molecule has 1 aromatic heterocycles. The molecule has 0 radical (unpaired) electrons. The Hall–Kier alpha value is -6.53. The quantitative estimate of drug-likeness (QED) is 0.0264. The van der Waals surface area contributed by atoms with E-state index in [1.165, 1.54) is 11.3 Å². The van der Waals surface area contributed by atoms with E-state index >= 15 is 0 Å². The van der Waals surface area contributed by atoms with Gasteiger partial charge in [-0.15, -0.1) is 0 Å². The minimum atomic E-state index is -1.11. The lowest BCUT2D eigenvalue weighted by Crippen LogP contribution is -2.20. The summed E-state index contributed by atoms with van der Waals surface area (Å²) >= 11 is 1.53. The molecule has 0 aliphatic heterocycles. The molecular weight excluding hydrogens is 758 g/mol. The number of rotatable bonds is 20. The fourth-order valence-corrected chi connectivity index (χ4v) is 7.01. The molecule has 5 aromatic carbocycles. The zero-order valence-electron chi connectivity index (χ0n) is 32.2. The number of hydrogen-bond donors (Lipinski definition) is 1. The molecule has 0 aliphatic rings. The summed E-state index contributed by atoms with van der Waals surface area (Å²) in [5.74, 6) is -1.23. The first kappa shape index (κ1) is 41.1. The first-order chi connectivity index (χ1) is 28.2. The number of thiazole rings is 1. The highest BCUT2D eigenvalue weighted by molar-refractivity contribution is 7.22. The van der Waals surface area contributed by atoms with Crippen molar-refractivity contribution in [3.05, 3.63) is 139 Å². The van der Waals surface area contributed by atoms with Crippen LogP contribution in [0.3, 0.4) is 0 Å². The molecule has 0 saturated carbocycles. The average molecular weight is 802 g/mol. The number of aromatic hydroxyl groups is 1. The van der Waals surface area contributed by atoms with Gasteiger partial charge < -0.3 is 24.1 Å². The molecule has 1 heterocycles. The molecule has 0 amide bonds. The maximum Gasteiger partial charge on any atom is 0.366 e. The van der Waals surface area contributed by atoms with Gasteiger partial charge in [-0.3, -0.25) is 0 Å². The van der Waals surface area contributed by atoms with Gasteiger partial charge in [-0.25, -0.2) is 19.6 Å². The monoisotopic (exact) mass is 801 g/mol. The molecule has 58 heavy (non-hydrogen) atoms. The number of halogens is 1. The Bertz CT molecular complexity index is 2410. The van der Waals surface area contributed by atoms with Crippen LogP contribution in [-0.2, 0) is 25.7 Å². The number of esters is 2. The number of carbonyl (C=O) groups excluding carboxylic acids is 2. The molecule has 0 bridgehead atoms. The van der Waals surface area contributed by atoms with Gasteiger partial charge in [0.1, 0.15) is 23.9 Å². The van der Waals surface area contributed by atoms with Gasteiger partial charge in [0.15, 0.2) is 0 Å². The van der Waals surface area contributed by atoms with E-state index in [2.05, 4.69) is 37.4 Å². The van der Waals surface area contributed by atoms with Crippen molar-refractivity contribution in [3.8, 4) is 28.4 Å². The second-order valence-electron chi connectivity index (χ2n) is 13.3. The molecule has 0 unspecified atom stereocenters. The van der Waals surface area contributed by atoms with Gasteiger partial charge in [-0.05, 0) is 84.7 Å². The van der Waals surface area contributed by atoms with Crippen molar-refractivity contribution in [1.82, 2.24) is 4.98 Å². The number of unbranched alkanes of at least 4 members (excludes halogenated alkanes) is 2. The molecule has 0 spiro atoms. The van der Waals surface area contributed by atoms with Crippen molar-refractivity contribution in [2.24, 2.45) is 5.10 Å². The number of aromatic nitrogens is 1. The first-order valence-corrected chi connectivity index (χ1v) is 19.7. The third-order valence-corrected chi connectivity index (χ3v) is 10.1. The maximum absolute atomic E-state index is 13.0. The number of nitrogens with zero attached hydrogens (tertiary/aromatic N) is 3. The van der Waals surface area contributed by atoms with Gasteiger partial charge in [0.2, 0.25) is 11.0 Å². The van der Waals surface area contributed by atoms with E-state index in [1.807, 2.05) is 72.6 Å². The van der Waals surface area contributed by atoms with Crippen LogP contribution in [0.4, 0.5) is 9.52 Å². The molecule has 10 nitrogen and oxygen atoms in total. The Morgan fingerprint density at radius 1 is 0.845 bits per heavy atom. The van der Waals surface area contributed by atoms with Crippen molar-refractivity contribution < 1.29 is 38.0 Å². The van der Waals surface area contributed by atoms with Crippen LogP contribution in [0.5, 0.6) is 17.2 Å². The number of carbonyl (C=O) groups is 2. The number of anilines is 1. The second-order valence-corrected chi connectivity index (χ2v) is 14.3. The lowest BCUT2D eigenvalue weighted by Gasteiger charge is -2.18. The van der Waals surface area contributed by atoms with Crippen molar-refractivity contribution in [1.29, 1.82) is 0 Å². The highest BCUT2D eigenvalue weighted by Crippen LogP contribution is 2.35. The molecule has 0 atom stereocenters. The number of benzene rings is 5. The van der Waals surface area contributed by atoms with Crippen molar-refractivity contribution >= 4 is 55.1 Å². The largest absolute Gasteiger partial charge is 0.507 e. The van der Waals surface area contributed by atoms with Gasteiger partial charge in [0.05, 0.1) is 35.7 Å². The van der Waals surface area contributed by atoms with E-state index in [9.17, 15) is 19.1 Å². The minimum Gasteiger partial charge on any atom is -0.507 e. The van der Waals surface area contributed by atoms with E-state index in [0.717, 1.165) is 49.5 Å². The summed E-state index contributed by atoms with van der Waals surface area (Å²) < 4.78 is 35.8. The fraction of sp³-hybridized carbons (Fsp3) is 0.217. The standard InChI is InChI=1S/C46H44FN3O7S/c1-4-43(52)55-28-10-27-54-37-20-17-35(18-21-37)34-15-13-33(14-16-34)30-57-38-22-23-41(51)40(29-38)32(3)49-50(25-8-5-9-26-56-45(53)31(2)47)46-48-44-39-12-7-6-11-36(39)19-24-42(44)58-46/h4,6-7,11-24,29,51H,1-2,5,8-10,25-28,30H2,3H3/b49-32+. The Morgan fingerprint density at radius 3 is 2.33 bits per heavy atom. The van der Waals surface area contributed by atoms with E-state index < -0.39 is 17.8 Å². The normalized spacial score (nSPS) is 11.3. The molecule has 1 N–H and O–H groups in total. The third kappa shape index (κ3) is 11.1. The van der Waals surface area contributed by atoms with Gasteiger partial charge in [-0.1, -0.05) is 91.2 Å². The summed E-state index contributed by atoms with van der Waals surface area (Å²) in [5, 5.41) is 20.6. The Labute approximate surface area is 340 Å². The molecule has 0 aliphatic carbocycles. The first-order valence-electron chi connectivity index (χ1n) is 18.9. The average Bonchev–Trinajstić information content (AvgIpc) is 3.69. The molecule has 0 saturated heterocycles. The smallest absolute Gasteiger partial charge is 0.366 e. The van der Waals surface area contributed by atoms with Crippen LogP contribution in [0, 0.1) is 0 Å². The molecule has 12 heteroatoms. The summed E-state index contributed by atoms with van der Waals surface area (Å²) in [6, 6.07) is 33.2. The lowest BCUT2D eigenvalue weighted by molar-refractivity contribution is -0.141. The number of phenols is 1. The van der Waals surface area contributed by atoms with Crippen LogP contribution < -0.4 is 14.5 Å². The highest BCUT2D eigenvalue weighted by atomic mass is 32.1. The van der Waals surface area contributed by atoms with E-state index in [-0.39, 0.29) is 19.0 Å². The van der Waals surface area contributed by atoms with Crippen LogP contribution in [0.1, 0.15) is 43.7 Å². The predicted octanol–water partition coefficient (Wildman–Crippen LogP) is 10.3. The number of hydrazone groups is 1.